The minimum Gasteiger partial charge on any atom is -0.397 e. The van der Waals surface area contributed by atoms with Gasteiger partial charge in [-0.2, -0.15) is 5.26 Å². The molecule has 0 saturated heterocycles. The minimum absolute atomic E-state index is 0.0290. The van der Waals surface area contributed by atoms with Gasteiger partial charge in [0.05, 0.1) is 18.2 Å². The molecule has 0 spiro atoms. The van der Waals surface area contributed by atoms with Gasteiger partial charge in [0.25, 0.3) is 5.91 Å². The fourth-order valence-electron chi connectivity index (χ4n) is 2.48. The van der Waals surface area contributed by atoms with Gasteiger partial charge in [0.15, 0.2) is 0 Å². The molecule has 0 atom stereocenters. The van der Waals surface area contributed by atoms with Crippen LogP contribution >= 0.6 is 0 Å². The molecule has 5 heteroatoms. The van der Waals surface area contributed by atoms with Crippen molar-refractivity contribution < 1.29 is 4.79 Å². The number of nitrogen functional groups attached to an aromatic ring is 1. The Hall–Kier alpha value is -1.96. The predicted octanol–water partition coefficient (Wildman–Crippen LogP) is 1.92. The average Bonchev–Trinajstić information content (AvgIpc) is 3.28. The van der Waals surface area contributed by atoms with E-state index in [1.54, 1.807) is 6.07 Å². The number of hydrogen-bond donors (Lipinski definition) is 1. The smallest absolute Gasteiger partial charge is 0.270 e. The van der Waals surface area contributed by atoms with Gasteiger partial charge in [-0.1, -0.05) is 0 Å². The van der Waals surface area contributed by atoms with Gasteiger partial charge in [-0.25, -0.2) is 0 Å². The molecule has 2 aliphatic carbocycles. The Bertz CT molecular complexity index is 534. The van der Waals surface area contributed by atoms with Gasteiger partial charge >= 0.3 is 0 Å². The summed E-state index contributed by atoms with van der Waals surface area (Å²) in [6.45, 7) is 0.524. The van der Waals surface area contributed by atoms with Crippen molar-refractivity contribution in [2.75, 3.05) is 12.3 Å². The van der Waals surface area contributed by atoms with Crippen molar-refractivity contribution in [3.8, 4) is 6.07 Å². The number of amides is 1. The lowest BCUT2D eigenvalue weighted by atomic mass is 10.3. The predicted molar refractivity (Wildman–Crippen MR) is 71.4 cm³/mol. The van der Waals surface area contributed by atoms with E-state index in [4.69, 9.17) is 11.0 Å². The van der Waals surface area contributed by atoms with Crippen LogP contribution in [0.1, 0.15) is 48.6 Å². The maximum atomic E-state index is 12.6. The van der Waals surface area contributed by atoms with Crippen LogP contribution in [0, 0.1) is 11.3 Å². The molecule has 1 heterocycles. The summed E-state index contributed by atoms with van der Waals surface area (Å²) in [5, 5.41) is 8.71. The minimum atomic E-state index is 0.0290. The van der Waals surface area contributed by atoms with Crippen LogP contribution in [0.5, 0.6) is 0 Å². The Kier molecular flexibility index (Phi) is 2.94. The number of aromatic nitrogens is 1. The second-order valence-corrected chi connectivity index (χ2v) is 5.43. The molecule has 0 radical (unpaired) electrons. The highest BCUT2D eigenvalue weighted by atomic mass is 16.2. The molecule has 0 aromatic carbocycles. The highest BCUT2D eigenvalue weighted by Gasteiger charge is 2.35. The van der Waals surface area contributed by atoms with Crippen LogP contribution in [-0.2, 0) is 0 Å². The second-order valence-electron chi connectivity index (χ2n) is 5.43. The van der Waals surface area contributed by atoms with Gasteiger partial charge < -0.3 is 15.2 Å². The van der Waals surface area contributed by atoms with Crippen LogP contribution in [0.25, 0.3) is 0 Å². The molecule has 0 aliphatic heterocycles. The number of nitriles is 1. The molecule has 1 aromatic heterocycles. The van der Waals surface area contributed by atoms with Gasteiger partial charge in [0, 0.05) is 24.8 Å². The van der Waals surface area contributed by atoms with Gasteiger partial charge in [-0.15, -0.1) is 0 Å². The highest BCUT2D eigenvalue weighted by Crippen LogP contribution is 2.38. The van der Waals surface area contributed by atoms with Crippen molar-refractivity contribution in [1.29, 1.82) is 5.26 Å². The van der Waals surface area contributed by atoms with Crippen LogP contribution < -0.4 is 5.73 Å². The van der Waals surface area contributed by atoms with Gasteiger partial charge in [0.2, 0.25) is 0 Å². The van der Waals surface area contributed by atoms with Crippen LogP contribution in [0.15, 0.2) is 12.3 Å². The van der Waals surface area contributed by atoms with Crippen molar-refractivity contribution in [2.45, 2.75) is 44.2 Å². The first kappa shape index (κ1) is 12.1. The molecule has 1 amide bonds. The summed E-state index contributed by atoms with van der Waals surface area (Å²) in [7, 11) is 0. The lowest BCUT2D eigenvalue weighted by Crippen LogP contribution is -2.35. The van der Waals surface area contributed by atoms with Crippen molar-refractivity contribution >= 4 is 11.6 Å². The number of carbonyl (C=O) groups excluding carboxylic acids is 1. The number of nitrogens with two attached hydrogens (primary N) is 1. The summed E-state index contributed by atoms with van der Waals surface area (Å²) in [6, 6.07) is 4.64. The van der Waals surface area contributed by atoms with E-state index >= 15 is 0 Å². The zero-order valence-corrected chi connectivity index (χ0v) is 10.9. The molecule has 2 aliphatic rings. The molecule has 1 aromatic rings. The third kappa shape index (κ3) is 2.43. The third-order valence-corrected chi connectivity index (χ3v) is 3.74. The lowest BCUT2D eigenvalue weighted by Gasteiger charge is -2.22. The summed E-state index contributed by atoms with van der Waals surface area (Å²) in [6.07, 6.45) is 6.60. The first-order valence-corrected chi connectivity index (χ1v) is 6.86. The van der Waals surface area contributed by atoms with E-state index in [1.807, 2.05) is 15.7 Å². The molecule has 19 heavy (non-hydrogen) atoms. The topological polar surface area (TPSA) is 75.1 Å². The summed E-state index contributed by atoms with van der Waals surface area (Å²) in [5.74, 6) is 0.0290. The van der Waals surface area contributed by atoms with Crippen molar-refractivity contribution in [1.82, 2.24) is 9.47 Å². The Morgan fingerprint density at radius 2 is 2.21 bits per heavy atom. The summed E-state index contributed by atoms with van der Waals surface area (Å²) in [5.41, 5.74) is 7.16. The Morgan fingerprint density at radius 3 is 2.79 bits per heavy atom. The number of anilines is 1. The molecule has 3 rings (SSSR count). The Morgan fingerprint density at radius 1 is 1.47 bits per heavy atom. The summed E-state index contributed by atoms with van der Waals surface area (Å²) < 4.78 is 2.01. The normalized spacial score (nSPS) is 18.1. The molecule has 2 fully saturated rings. The van der Waals surface area contributed by atoms with Gasteiger partial charge in [0.1, 0.15) is 5.69 Å². The van der Waals surface area contributed by atoms with E-state index in [-0.39, 0.29) is 5.91 Å². The van der Waals surface area contributed by atoms with E-state index < -0.39 is 0 Å². The third-order valence-electron chi connectivity index (χ3n) is 3.74. The average molecular weight is 258 g/mol. The first-order valence-electron chi connectivity index (χ1n) is 6.86. The van der Waals surface area contributed by atoms with Gasteiger partial charge in [-0.3, -0.25) is 4.79 Å². The van der Waals surface area contributed by atoms with Crippen molar-refractivity contribution in [2.24, 2.45) is 0 Å². The SMILES string of the molecule is N#CCCN(C(=O)c1cc(N)cn1C1CC1)C1CC1. The first-order chi connectivity index (χ1) is 9.20. The van der Waals surface area contributed by atoms with Crippen molar-refractivity contribution in [3.63, 3.8) is 0 Å². The van der Waals surface area contributed by atoms with E-state index in [9.17, 15) is 4.79 Å². The largest absolute Gasteiger partial charge is 0.397 e. The molecule has 2 saturated carbocycles. The molecular formula is C14H18N4O. The standard InChI is InChI=1S/C14H18N4O/c15-6-1-7-17(11-2-3-11)14(19)13-8-10(16)9-18(13)12-4-5-12/h8-9,11-12H,1-5,7,16H2. The summed E-state index contributed by atoms with van der Waals surface area (Å²) >= 11 is 0. The molecule has 2 N–H and O–H groups in total. The molecule has 100 valence electrons. The Labute approximate surface area is 112 Å². The molecule has 5 nitrogen and oxygen atoms in total. The van der Waals surface area contributed by atoms with Crippen LogP contribution in [0.2, 0.25) is 0 Å². The van der Waals surface area contributed by atoms with E-state index in [2.05, 4.69) is 6.07 Å². The quantitative estimate of drug-likeness (QED) is 0.876. The lowest BCUT2D eigenvalue weighted by molar-refractivity contribution is 0.0735. The molecule has 0 unspecified atom stereocenters. The van der Waals surface area contributed by atoms with E-state index in [0.29, 0.717) is 36.4 Å². The monoisotopic (exact) mass is 258 g/mol. The van der Waals surface area contributed by atoms with E-state index in [1.165, 1.54) is 0 Å². The zero-order valence-electron chi connectivity index (χ0n) is 10.9. The number of rotatable bonds is 5. The van der Waals surface area contributed by atoms with Gasteiger partial charge in [-0.05, 0) is 31.7 Å². The van der Waals surface area contributed by atoms with E-state index in [0.717, 1.165) is 25.7 Å². The Balaban J connectivity index is 1.83. The fourth-order valence-corrected chi connectivity index (χ4v) is 2.48. The number of carbonyl (C=O) groups is 1. The molecule has 0 bridgehead atoms. The summed E-state index contributed by atoms with van der Waals surface area (Å²) in [4.78, 5) is 14.5. The maximum Gasteiger partial charge on any atom is 0.270 e. The fraction of sp³-hybridized carbons (Fsp3) is 0.571. The zero-order chi connectivity index (χ0) is 13.4. The van der Waals surface area contributed by atoms with Crippen molar-refractivity contribution in [3.05, 3.63) is 18.0 Å². The van der Waals surface area contributed by atoms with Crippen LogP contribution in [-0.4, -0.2) is 28.0 Å². The van der Waals surface area contributed by atoms with Crippen LogP contribution in [0.3, 0.4) is 0 Å². The molecular weight excluding hydrogens is 240 g/mol. The highest BCUT2D eigenvalue weighted by molar-refractivity contribution is 5.94. The maximum absolute atomic E-state index is 12.6. The number of nitrogens with zero attached hydrogens (tertiary/aromatic N) is 3. The van der Waals surface area contributed by atoms with Crippen LogP contribution in [0.4, 0.5) is 5.69 Å². The number of hydrogen-bond acceptors (Lipinski definition) is 3. The second kappa shape index (κ2) is 4.61.